The summed E-state index contributed by atoms with van der Waals surface area (Å²) in [6.45, 7) is 7.54. The number of amides is 2. The molecule has 2 bridgehead atoms. The van der Waals surface area contributed by atoms with E-state index in [9.17, 15) is 24.6 Å². The van der Waals surface area contributed by atoms with E-state index >= 15 is 0 Å². The van der Waals surface area contributed by atoms with Crippen LogP contribution in [0.2, 0.25) is 0 Å². The molecule has 2 unspecified atom stereocenters. The fourth-order valence-electron chi connectivity index (χ4n) is 6.78. The molecule has 3 aliphatic rings. The smallest absolute Gasteiger partial charge is 0.310 e. The van der Waals surface area contributed by atoms with E-state index in [-0.39, 0.29) is 19.1 Å². The van der Waals surface area contributed by atoms with E-state index < -0.39 is 47.5 Å². The summed E-state index contributed by atoms with van der Waals surface area (Å²) in [5, 5.41) is 20.6. The number of hydrogen-bond acceptors (Lipinski definition) is 5. The van der Waals surface area contributed by atoms with Crippen molar-refractivity contribution in [1.82, 2.24) is 4.90 Å². The Balaban J connectivity index is 1.63. The Morgan fingerprint density at radius 1 is 1.24 bits per heavy atom. The van der Waals surface area contributed by atoms with Gasteiger partial charge in [0.1, 0.15) is 11.6 Å². The SMILES string of the molecule is C=CCN(C(=O)C1N([C@@H](CO)Cc2ccccc2)C(=O)[C@@H]2[C@@H](C(=O)O)[C@H]3CCC12O3)c1cc(C)ccc1C. The fourth-order valence-corrected chi connectivity index (χ4v) is 6.78. The number of carboxylic acid groups (broad SMARTS) is 1. The number of benzene rings is 2. The number of aliphatic hydroxyl groups is 1. The van der Waals surface area contributed by atoms with Crippen LogP contribution in [0.15, 0.2) is 61.2 Å². The van der Waals surface area contributed by atoms with Crippen molar-refractivity contribution in [2.24, 2.45) is 11.8 Å². The molecule has 2 N–H and O–H groups in total. The average Bonchev–Trinajstić information content (AvgIpc) is 3.55. The fraction of sp³-hybridized carbons (Fsp3) is 0.433. The highest BCUT2D eigenvalue weighted by molar-refractivity contribution is 6.05. The van der Waals surface area contributed by atoms with Gasteiger partial charge in [0, 0.05) is 12.2 Å². The lowest BCUT2D eigenvalue weighted by Gasteiger charge is -2.39. The van der Waals surface area contributed by atoms with Crippen LogP contribution in [0, 0.1) is 25.7 Å². The third-order valence-corrected chi connectivity index (χ3v) is 8.41. The lowest BCUT2D eigenvalue weighted by molar-refractivity contribution is -0.151. The maximum Gasteiger partial charge on any atom is 0.310 e. The highest BCUT2D eigenvalue weighted by Gasteiger charge is 2.75. The van der Waals surface area contributed by atoms with E-state index in [2.05, 4.69) is 6.58 Å². The first-order valence-electron chi connectivity index (χ1n) is 13.1. The number of hydrogen-bond donors (Lipinski definition) is 2. The first kappa shape index (κ1) is 26.1. The minimum Gasteiger partial charge on any atom is -0.481 e. The van der Waals surface area contributed by atoms with E-state index in [1.807, 2.05) is 62.4 Å². The number of aryl methyl sites for hydroxylation is 2. The van der Waals surface area contributed by atoms with Crippen LogP contribution >= 0.6 is 0 Å². The Morgan fingerprint density at radius 3 is 2.63 bits per heavy atom. The van der Waals surface area contributed by atoms with Crippen LogP contribution in [0.4, 0.5) is 5.69 Å². The number of ether oxygens (including phenoxy) is 1. The quantitative estimate of drug-likeness (QED) is 0.495. The molecule has 3 heterocycles. The third kappa shape index (κ3) is 4.03. The topological polar surface area (TPSA) is 107 Å². The monoisotopic (exact) mass is 518 g/mol. The van der Waals surface area contributed by atoms with Crippen LogP contribution in [0.3, 0.4) is 0 Å². The molecular formula is C30H34N2O6. The Morgan fingerprint density at radius 2 is 1.97 bits per heavy atom. The zero-order chi connectivity index (χ0) is 27.2. The van der Waals surface area contributed by atoms with E-state index in [1.165, 1.54) is 4.90 Å². The molecule has 6 atom stereocenters. The van der Waals surface area contributed by atoms with Gasteiger partial charge in [-0.2, -0.15) is 0 Å². The maximum absolute atomic E-state index is 14.6. The molecule has 8 heteroatoms. The van der Waals surface area contributed by atoms with Crippen LogP contribution in [-0.4, -0.2) is 69.8 Å². The Labute approximate surface area is 222 Å². The largest absolute Gasteiger partial charge is 0.481 e. The van der Waals surface area contributed by atoms with E-state index in [1.54, 1.807) is 11.0 Å². The zero-order valence-electron chi connectivity index (χ0n) is 21.7. The zero-order valence-corrected chi connectivity index (χ0v) is 21.7. The number of carbonyl (C=O) groups excluding carboxylic acids is 2. The Hall–Kier alpha value is -3.49. The van der Waals surface area contributed by atoms with Gasteiger partial charge in [-0.3, -0.25) is 14.4 Å². The van der Waals surface area contributed by atoms with Gasteiger partial charge in [0.2, 0.25) is 5.91 Å². The van der Waals surface area contributed by atoms with Crippen molar-refractivity contribution in [3.63, 3.8) is 0 Å². The molecule has 38 heavy (non-hydrogen) atoms. The molecule has 5 rings (SSSR count). The normalized spacial score (nSPS) is 28.3. The summed E-state index contributed by atoms with van der Waals surface area (Å²) in [4.78, 5) is 44.1. The van der Waals surface area contributed by atoms with Crippen molar-refractivity contribution in [3.8, 4) is 0 Å². The highest BCUT2D eigenvalue weighted by Crippen LogP contribution is 2.59. The summed E-state index contributed by atoms with van der Waals surface area (Å²) in [6, 6.07) is 13.5. The molecule has 0 radical (unpaired) electrons. The highest BCUT2D eigenvalue weighted by atomic mass is 16.5. The molecule has 200 valence electrons. The second-order valence-corrected chi connectivity index (χ2v) is 10.7. The van der Waals surface area contributed by atoms with Crippen LogP contribution < -0.4 is 4.90 Å². The first-order valence-corrected chi connectivity index (χ1v) is 13.1. The van der Waals surface area contributed by atoms with Crippen molar-refractivity contribution in [3.05, 3.63) is 77.9 Å². The van der Waals surface area contributed by atoms with Gasteiger partial charge in [-0.25, -0.2) is 0 Å². The van der Waals surface area contributed by atoms with E-state index in [4.69, 9.17) is 4.74 Å². The maximum atomic E-state index is 14.6. The molecule has 2 aromatic rings. The van der Waals surface area contributed by atoms with Gasteiger partial charge >= 0.3 is 5.97 Å². The molecule has 0 aromatic heterocycles. The molecular weight excluding hydrogens is 484 g/mol. The second-order valence-electron chi connectivity index (χ2n) is 10.7. The number of nitrogens with zero attached hydrogens (tertiary/aromatic N) is 2. The van der Waals surface area contributed by atoms with Gasteiger partial charge in [-0.15, -0.1) is 6.58 Å². The molecule has 3 aliphatic heterocycles. The number of rotatable bonds is 9. The molecule has 3 fully saturated rings. The first-order chi connectivity index (χ1) is 18.2. The molecule has 1 spiro atoms. The lowest BCUT2D eigenvalue weighted by Crippen LogP contribution is -2.59. The standard InChI is InChI=1S/C30H34N2O6/c1-4-14-31(22-15-18(2)10-11-19(22)3)28(35)26-30-13-12-23(38-30)24(29(36)37)25(30)27(34)32(26)21(17-33)16-20-8-6-5-7-9-20/h4-11,15,21,23-26,33H,1,12-14,16-17H2,2-3H3,(H,36,37)/t21-,23-,24+,25+,26?,30?/m1/s1. The van der Waals surface area contributed by atoms with Crippen LogP contribution in [0.5, 0.6) is 0 Å². The minimum absolute atomic E-state index is 0.205. The van der Waals surface area contributed by atoms with Crippen LogP contribution in [-0.2, 0) is 25.5 Å². The van der Waals surface area contributed by atoms with E-state index in [0.29, 0.717) is 24.9 Å². The van der Waals surface area contributed by atoms with Crippen molar-refractivity contribution in [2.75, 3.05) is 18.1 Å². The number of carbonyl (C=O) groups is 3. The van der Waals surface area contributed by atoms with Gasteiger partial charge in [0.25, 0.3) is 5.91 Å². The van der Waals surface area contributed by atoms with E-state index in [0.717, 1.165) is 16.7 Å². The third-order valence-electron chi connectivity index (χ3n) is 8.41. The molecule has 3 saturated heterocycles. The molecule has 0 aliphatic carbocycles. The summed E-state index contributed by atoms with van der Waals surface area (Å²) in [5.41, 5.74) is 2.21. The lowest BCUT2D eigenvalue weighted by atomic mass is 9.70. The number of likely N-dealkylation sites (tertiary alicyclic amines) is 1. The predicted octanol–water partition coefficient (Wildman–Crippen LogP) is 2.89. The summed E-state index contributed by atoms with van der Waals surface area (Å²) >= 11 is 0. The predicted molar refractivity (Wildman–Crippen MR) is 142 cm³/mol. The van der Waals surface area contributed by atoms with Crippen molar-refractivity contribution in [2.45, 2.75) is 56.9 Å². The molecule has 8 nitrogen and oxygen atoms in total. The summed E-state index contributed by atoms with van der Waals surface area (Å²) in [6.07, 6.45) is 2.21. The summed E-state index contributed by atoms with van der Waals surface area (Å²) < 4.78 is 6.36. The van der Waals surface area contributed by atoms with Crippen molar-refractivity contribution >= 4 is 23.5 Å². The number of fused-ring (bicyclic) bond motifs is 1. The van der Waals surface area contributed by atoms with Gasteiger partial charge in [-0.05, 0) is 55.9 Å². The Bertz CT molecular complexity index is 1260. The summed E-state index contributed by atoms with van der Waals surface area (Å²) in [7, 11) is 0. The summed E-state index contributed by atoms with van der Waals surface area (Å²) in [5.74, 6) is -3.90. The van der Waals surface area contributed by atoms with Crippen LogP contribution in [0.25, 0.3) is 0 Å². The number of aliphatic carboxylic acids is 1. The number of carboxylic acids is 1. The average molecular weight is 519 g/mol. The minimum atomic E-state index is -1.26. The van der Waals surface area contributed by atoms with Crippen LogP contribution in [0.1, 0.15) is 29.5 Å². The van der Waals surface area contributed by atoms with Gasteiger partial charge in [0.15, 0.2) is 0 Å². The van der Waals surface area contributed by atoms with Crippen molar-refractivity contribution < 1.29 is 29.3 Å². The molecule has 2 aromatic carbocycles. The van der Waals surface area contributed by atoms with Gasteiger partial charge in [0.05, 0.1) is 30.6 Å². The number of anilines is 1. The molecule has 2 amide bonds. The molecule has 0 saturated carbocycles. The van der Waals surface area contributed by atoms with Gasteiger partial charge in [-0.1, -0.05) is 48.5 Å². The Kier molecular flexibility index (Phi) is 6.88. The number of aliphatic hydroxyl groups excluding tert-OH is 1. The van der Waals surface area contributed by atoms with Gasteiger partial charge < -0.3 is 24.7 Å². The second kappa shape index (κ2) is 10.0. The van der Waals surface area contributed by atoms with Crippen molar-refractivity contribution in [1.29, 1.82) is 0 Å².